The Morgan fingerprint density at radius 2 is 1.12 bits per heavy atom. The third kappa shape index (κ3) is 14.6. The lowest BCUT2D eigenvalue weighted by atomic mass is 9.94. The molecular weight excluding hydrogens is 760 g/mol. The van der Waals surface area contributed by atoms with Crippen LogP contribution in [0.5, 0.6) is 0 Å². The van der Waals surface area contributed by atoms with Crippen LogP contribution >= 0.6 is 49.6 Å². The SMILES string of the molecule is Cc1c(NC(=O)c2ccc(CNCCO)cn2)cccc1-c1cccc(NC(=O)c2ccc(CNCCCNS(C)(=O)=O)cn2)c1C.Cl.Cl.Cl.Cl. The number of carbonyl (C=O) groups is 2. The minimum atomic E-state index is -3.19. The molecule has 17 heteroatoms. The van der Waals surface area contributed by atoms with Gasteiger partial charge in [-0.1, -0.05) is 36.4 Å². The minimum Gasteiger partial charge on any atom is -0.395 e. The van der Waals surface area contributed by atoms with Crippen LogP contribution < -0.4 is 26.0 Å². The number of aromatic nitrogens is 2. The van der Waals surface area contributed by atoms with E-state index in [1.165, 1.54) is 0 Å². The van der Waals surface area contributed by atoms with Crippen molar-refractivity contribution in [1.29, 1.82) is 0 Å². The van der Waals surface area contributed by atoms with Crippen LogP contribution in [0.15, 0.2) is 73.1 Å². The molecule has 0 spiro atoms. The minimum absolute atomic E-state index is 0. The molecule has 0 bridgehead atoms. The van der Waals surface area contributed by atoms with Crippen molar-refractivity contribution >= 4 is 82.8 Å². The number of hydrogen-bond acceptors (Lipinski definition) is 9. The number of nitrogens with one attached hydrogen (secondary N) is 5. The molecule has 0 aliphatic heterocycles. The van der Waals surface area contributed by atoms with E-state index in [0.717, 1.165) is 39.6 Å². The van der Waals surface area contributed by atoms with Gasteiger partial charge in [0.05, 0.1) is 12.9 Å². The highest BCUT2D eigenvalue weighted by Crippen LogP contribution is 2.34. The molecule has 51 heavy (non-hydrogen) atoms. The van der Waals surface area contributed by atoms with Crippen LogP contribution in [0, 0.1) is 13.8 Å². The van der Waals surface area contributed by atoms with E-state index in [1.807, 2.05) is 62.4 Å². The van der Waals surface area contributed by atoms with Gasteiger partial charge in [0.25, 0.3) is 11.8 Å². The molecule has 0 fully saturated rings. The predicted octanol–water partition coefficient (Wildman–Crippen LogP) is 5.06. The summed E-state index contributed by atoms with van der Waals surface area (Å²) < 4.78 is 24.7. The van der Waals surface area contributed by atoms with Gasteiger partial charge >= 0.3 is 0 Å². The van der Waals surface area contributed by atoms with Gasteiger partial charge in [0.2, 0.25) is 10.0 Å². The highest BCUT2D eigenvalue weighted by atomic mass is 35.5. The fourth-order valence-corrected chi connectivity index (χ4v) is 5.36. The van der Waals surface area contributed by atoms with Crippen molar-refractivity contribution in [2.24, 2.45) is 0 Å². The molecule has 2 heterocycles. The van der Waals surface area contributed by atoms with Gasteiger partial charge in [-0.2, -0.15) is 0 Å². The van der Waals surface area contributed by atoms with Crippen molar-refractivity contribution in [1.82, 2.24) is 25.3 Å². The fraction of sp³-hybridized carbons (Fsp3) is 0.294. The Hall–Kier alpha value is -3.37. The number of aliphatic hydroxyl groups is 1. The molecule has 12 nitrogen and oxygen atoms in total. The number of carbonyl (C=O) groups excluding carboxylic acids is 2. The van der Waals surface area contributed by atoms with E-state index in [4.69, 9.17) is 5.11 Å². The van der Waals surface area contributed by atoms with Crippen molar-refractivity contribution in [2.75, 3.05) is 43.1 Å². The monoisotopic (exact) mass is 803 g/mol. The predicted molar refractivity (Wildman–Crippen MR) is 213 cm³/mol. The van der Waals surface area contributed by atoms with Crippen molar-refractivity contribution in [3.63, 3.8) is 0 Å². The van der Waals surface area contributed by atoms with Gasteiger partial charge in [0.15, 0.2) is 0 Å². The highest BCUT2D eigenvalue weighted by molar-refractivity contribution is 7.88. The lowest BCUT2D eigenvalue weighted by Crippen LogP contribution is -2.26. The Kier molecular flexibility index (Phi) is 21.7. The van der Waals surface area contributed by atoms with Gasteiger partial charge < -0.3 is 26.4 Å². The summed E-state index contributed by atoms with van der Waals surface area (Å²) in [6.07, 6.45) is 5.06. The zero-order valence-corrected chi connectivity index (χ0v) is 32.5. The molecule has 0 saturated carbocycles. The topological polar surface area (TPSA) is 174 Å². The lowest BCUT2D eigenvalue weighted by molar-refractivity contribution is 0.101. The van der Waals surface area contributed by atoms with Crippen LogP contribution in [0.1, 0.15) is 49.7 Å². The summed E-state index contributed by atoms with van der Waals surface area (Å²) in [5.74, 6) is -0.661. The third-order valence-electron chi connectivity index (χ3n) is 7.41. The van der Waals surface area contributed by atoms with E-state index in [-0.39, 0.29) is 73.7 Å². The van der Waals surface area contributed by atoms with E-state index < -0.39 is 10.0 Å². The van der Waals surface area contributed by atoms with Gasteiger partial charge in [-0.05, 0) is 84.5 Å². The zero-order valence-electron chi connectivity index (χ0n) is 28.4. The van der Waals surface area contributed by atoms with E-state index in [2.05, 4.69) is 36.0 Å². The third-order valence-corrected chi connectivity index (χ3v) is 8.14. The summed E-state index contributed by atoms with van der Waals surface area (Å²) in [4.78, 5) is 34.7. The first-order chi connectivity index (χ1) is 22.6. The largest absolute Gasteiger partial charge is 0.395 e. The molecule has 4 aromatic rings. The summed E-state index contributed by atoms with van der Waals surface area (Å²) in [6, 6.07) is 18.4. The summed E-state index contributed by atoms with van der Waals surface area (Å²) in [5.41, 5.74) is 7.24. The summed E-state index contributed by atoms with van der Waals surface area (Å²) in [7, 11) is -3.19. The van der Waals surface area contributed by atoms with Crippen LogP contribution in [-0.4, -0.2) is 67.8 Å². The number of amides is 2. The number of sulfonamides is 1. The van der Waals surface area contributed by atoms with Crippen LogP contribution in [0.2, 0.25) is 0 Å². The Bertz CT molecular complexity index is 1800. The molecule has 0 unspecified atom stereocenters. The normalized spacial score (nSPS) is 10.4. The van der Waals surface area contributed by atoms with Crippen molar-refractivity contribution < 1.29 is 23.1 Å². The first-order valence-electron chi connectivity index (χ1n) is 15.2. The van der Waals surface area contributed by atoms with Crippen LogP contribution in [0.3, 0.4) is 0 Å². The van der Waals surface area contributed by atoms with Gasteiger partial charge in [-0.3, -0.25) is 19.6 Å². The number of aliphatic hydroxyl groups excluding tert-OH is 1. The molecule has 0 saturated heterocycles. The second-order valence-corrected chi connectivity index (χ2v) is 12.9. The molecular formula is C34H45Cl4N7O5S. The maximum absolute atomic E-state index is 13.1. The lowest BCUT2D eigenvalue weighted by Gasteiger charge is -2.17. The maximum atomic E-state index is 13.1. The summed E-state index contributed by atoms with van der Waals surface area (Å²) in [5, 5.41) is 21.2. The average Bonchev–Trinajstić information content (AvgIpc) is 3.05. The standard InChI is InChI=1S/C34H41N7O5S.4ClH/c1-23-27(28-8-5-10-30(24(28)2)41-34(44)32-14-12-26(22-38-32)20-36-17-18-42)7-4-9-29(23)40-33(43)31-13-11-25(21-37-31)19-35-15-6-16-39-47(3,45)46;;;;/h4-5,7-14,21-22,35-36,39,42H,6,15-20H2,1-3H3,(H,40,43)(H,41,44);4*1H. The fourth-order valence-electron chi connectivity index (χ4n) is 4.84. The molecule has 0 radical (unpaired) electrons. The van der Waals surface area contributed by atoms with E-state index in [9.17, 15) is 18.0 Å². The Labute approximate surface area is 324 Å². The smallest absolute Gasteiger partial charge is 0.274 e. The van der Waals surface area contributed by atoms with Crippen LogP contribution in [0.4, 0.5) is 11.4 Å². The molecule has 2 aromatic heterocycles. The quantitative estimate of drug-likeness (QED) is 0.0847. The molecule has 0 atom stereocenters. The van der Waals surface area contributed by atoms with E-state index in [0.29, 0.717) is 56.2 Å². The Balaban J connectivity index is 0.00000625. The van der Waals surface area contributed by atoms with E-state index in [1.54, 1.807) is 24.5 Å². The molecule has 280 valence electrons. The highest BCUT2D eigenvalue weighted by Gasteiger charge is 2.16. The van der Waals surface area contributed by atoms with Crippen molar-refractivity contribution in [3.05, 3.63) is 107 Å². The van der Waals surface area contributed by atoms with Gasteiger partial charge in [-0.25, -0.2) is 13.1 Å². The number of benzene rings is 2. The number of hydrogen-bond donors (Lipinski definition) is 6. The van der Waals surface area contributed by atoms with Crippen molar-refractivity contribution in [2.45, 2.75) is 33.4 Å². The van der Waals surface area contributed by atoms with Gasteiger partial charge in [-0.15, -0.1) is 49.6 Å². The second-order valence-electron chi connectivity index (χ2n) is 11.1. The van der Waals surface area contributed by atoms with Gasteiger partial charge in [0.1, 0.15) is 11.4 Å². The van der Waals surface area contributed by atoms with E-state index >= 15 is 0 Å². The first kappa shape index (κ1) is 47.6. The second kappa shape index (κ2) is 23.2. The summed E-state index contributed by atoms with van der Waals surface area (Å²) >= 11 is 0. The van der Waals surface area contributed by atoms with Gasteiger partial charge in [0, 0.05) is 49.9 Å². The number of rotatable bonds is 16. The molecule has 0 aliphatic rings. The molecule has 2 aromatic carbocycles. The number of halogens is 4. The van der Waals surface area contributed by atoms with Crippen LogP contribution in [-0.2, 0) is 23.1 Å². The van der Waals surface area contributed by atoms with Crippen molar-refractivity contribution in [3.8, 4) is 11.1 Å². The average molecular weight is 806 g/mol. The van der Waals surface area contributed by atoms with Crippen LogP contribution in [0.25, 0.3) is 11.1 Å². The summed E-state index contributed by atoms with van der Waals surface area (Å²) in [6.45, 7) is 6.49. The zero-order chi connectivity index (χ0) is 33.8. The Morgan fingerprint density at radius 3 is 1.51 bits per heavy atom. The first-order valence-corrected chi connectivity index (χ1v) is 17.1. The molecule has 6 N–H and O–H groups in total. The molecule has 0 aliphatic carbocycles. The molecule has 2 amide bonds. The maximum Gasteiger partial charge on any atom is 0.274 e. The number of nitrogens with zero attached hydrogens (tertiary/aromatic N) is 2. The molecule has 4 rings (SSSR count). The Morgan fingerprint density at radius 1 is 0.667 bits per heavy atom. The number of anilines is 2. The number of pyridine rings is 2.